The topological polar surface area (TPSA) is 3.24 Å². The lowest BCUT2D eigenvalue weighted by Crippen LogP contribution is -2.42. The number of hydrogen-bond acceptors (Lipinski definition) is 1. The second kappa shape index (κ2) is 8.77. The molecule has 0 bridgehead atoms. The SMILES string of the molecule is CCC(C)(C)CC(C)(C)C1CCN(CC2CCC(C(C)C)CC2)CC1. The van der Waals surface area contributed by atoms with Gasteiger partial charge in [0.1, 0.15) is 0 Å². The fourth-order valence-corrected chi connectivity index (χ4v) is 5.80. The predicted octanol–water partition coefficient (Wildman–Crippen LogP) is 7.01. The van der Waals surface area contributed by atoms with E-state index >= 15 is 0 Å². The molecule has 148 valence electrons. The zero-order valence-corrected chi connectivity index (χ0v) is 18.5. The summed E-state index contributed by atoms with van der Waals surface area (Å²) in [7, 11) is 0. The molecule has 0 radical (unpaired) electrons. The van der Waals surface area contributed by atoms with Gasteiger partial charge in [-0.05, 0) is 92.5 Å². The first-order chi connectivity index (χ1) is 11.6. The maximum absolute atomic E-state index is 2.80. The summed E-state index contributed by atoms with van der Waals surface area (Å²) in [6.07, 6.45) is 11.5. The van der Waals surface area contributed by atoms with Gasteiger partial charge in [-0.15, -0.1) is 0 Å². The van der Waals surface area contributed by atoms with E-state index in [-0.39, 0.29) is 0 Å². The van der Waals surface area contributed by atoms with E-state index in [0.29, 0.717) is 10.8 Å². The maximum atomic E-state index is 2.80. The van der Waals surface area contributed by atoms with Crippen molar-refractivity contribution in [3.8, 4) is 0 Å². The molecule has 25 heavy (non-hydrogen) atoms. The molecule has 1 aliphatic heterocycles. The first-order valence-electron chi connectivity index (χ1n) is 11.4. The summed E-state index contributed by atoms with van der Waals surface area (Å²) in [4.78, 5) is 2.80. The van der Waals surface area contributed by atoms with Gasteiger partial charge in [-0.2, -0.15) is 0 Å². The second-order valence-electron chi connectivity index (χ2n) is 11.3. The maximum Gasteiger partial charge on any atom is 0.000966 e. The van der Waals surface area contributed by atoms with Crippen molar-refractivity contribution in [3.63, 3.8) is 0 Å². The molecule has 0 unspecified atom stereocenters. The van der Waals surface area contributed by atoms with Crippen LogP contribution in [0.2, 0.25) is 0 Å². The van der Waals surface area contributed by atoms with Gasteiger partial charge >= 0.3 is 0 Å². The third-order valence-electron chi connectivity index (χ3n) is 7.93. The molecule has 0 aromatic rings. The van der Waals surface area contributed by atoms with E-state index in [9.17, 15) is 0 Å². The highest BCUT2D eigenvalue weighted by molar-refractivity contribution is 4.88. The highest BCUT2D eigenvalue weighted by Crippen LogP contribution is 2.45. The Bertz CT molecular complexity index is 379. The average Bonchev–Trinajstić information content (AvgIpc) is 2.55. The van der Waals surface area contributed by atoms with Crippen molar-refractivity contribution in [2.45, 2.75) is 99.8 Å². The third-order valence-corrected chi connectivity index (χ3v) is 7.93. The van der Waals surface area contributed by atoms with Crippen LogP contribution in [0.3, 0.4) is 0 Å². The molecule has 0 atom stereocenters. The van der Waals surface area contributed by atoms with Crippen molar-refractivity contribution in [2.24, 2.45) is 34.5 Å². The monoisotopic (exact) mass is 349 g/mol. The van der Waals surface area contributed by atoms with Crippen LogP contribution in [-0.4, -0.2) is 24.5 Å². The van der Waals surface area contributed by atoms with E-state index in [1.807, 2.05) is 0 Å². The van der Waals surface area contributed by atoms with Gasteiger partial charge in [-0.25, -0.2) is 0 Å². The van der Waals surface area contributed by atoms with Crippen molar-refractivity contribution >= 4 is 0 Å². The van der Waals surface area contributed by atoms with Crippen LogP contribution in [-0.2, 0) is 0 Å². The van der Waals surface area contributed by atoms with Crippen LogP contribution < -0.4 is 0 Å². The Kier molecular flexibility index (Phi) is 7.45. The quantitative estimate of drug-likeness (QED) is 0.477. The number of piperidine rings is 1. The molecule has 2 aliphatic rings. The smallest absolute Gasteiger partial charge is 0.000966 e. The van der Waals surface area contributed by atoms with Crippen LogP contribution in [0.25, 0.3) is 0 Å². The van der Waals surface area contributed by atoms with Gasteiger partial charge in [0.25, 0.3) is 0 Å². The predicted molar refractivity (Wildman–Crippen MR) is 112 cm³/mol. The number of likely N-dealkylation sites (tertiary alicyclic amines) is 1. The van der Waals surface area contributed by atoms with Gasteiger partial charge in [0.2, 0.25) is 0 Å². The van der Waals surface area contributed by atoms with Crippen molar-refractivity contribution in [1.29, 1.82) is 0 Å². The number of nitrogens with zero attached hydrogens (tertiary/aromatic N) is 1. The Morgan fingerprint density at radius 2 is 1.44 bits per heavy atom. The van der Waals surface area contributed by atoms with Crippen LogP contribution in [0.5, 0.6) is 0 Å². The van der Waals surface area contributed by atoms with E-state index in [1.54, 1.807) is 0 Å². The van der Waals surface area contributed by atoms with Crippen LogP contribution in [0, 0.1) is 34.5 Å². The lowest BCUT2D eigenvalue weighted by Gasteiger charge is -2.45. The molecule has 1 saturated heterocycles. The normalized spacial score (nSPS) is 27.8. The molecule has 0 spiro atoms. The molecule has 0 aromatic heterocycles. The van der Waals surface area contributed by atoms with Crippen LogP contribution >= 0.6 is 0 Å². The van der Waals surface area contributed by atoms with Crippen molar-refractivity contribution < 1.29 is 0 Å². The standard InChI is InChI=1S/C24H47N/c1-8-23(4,5)18-24(6,7)22-13-15-25(16-14-22)17-20-9-11-21(12-10-20)19(2)3/h19-22H,8-18H2,1-7H3. The van der Waals surface area contributed by atoms with E-state index in [4.69, 9.17) is 0 Å². The first-order valence-corrected chi connectivity index (χ1v) is 11.4. The Hall–Kier alpha value is -0.0400. The number of hydrogen-bond donors (Lipinski definition) is 0. The first kappa shape index (κ1) is 21.3. The molecule has 0 N–H and O–H groups in total. The molecule has 0 aromatic carbocycles. The van der Waals surface area contributed by atoms with E-state index in [0.717, 1.165) is 23.7 Å². The minimum atomic E-state index is 0.496. The molecular weight excluding hydrogens is 302 g/mol. The van der Waals surface area contributed by atoms with Gasteiger partial charge in [0, 0.05) is 6.54 Å². The summed E-state index contributed by atoms with van der Waals surface area (Å²) in [6, 6.07) is 0. The van der Waals surface area contributed by atoms with Gasteiger partial charge in [-0.3, -0.25) is 0 Å². The number of rotatable bonds is 7. The van der Waals surface area contributed by atoms with E-state index in [1.165, 1.54) is 71.0 Å². The molecule has 1 heteroatoms. The molecular formula is C24H47N. The fraction of sp³-hybridized carbons (Fsp3) is 1.00. The van der Waals surface area contributed by atoms with E-state index < -0.39 is 0 Å². The molecule has 1 nitrogen and oxygen atoms in total. The summed E-state index contributed by atoms with van der Waals surface area (Å²) in [6.45, 7) is 21.3. The molecule has 1 saturated carbocycles. The van der Waals surface area contributed by atoms with Crippen LogP contribution in [0.4, 0.5) is 0 Å². The zero-order chi connectivity index (χ0) is 18.7. The second-order valence-corrected chi connectivity index (χ2v) is 11.3. The van der Waals surface area contributed by atoms with Gasteiger partial charge in [0.05, 0.1) is 0 Å². The Morgan fingerprint density at radius 3 is 1.92 bits per heavy atom. The third kappa shape index (κ3) is 6.26. The Morgan fingerprint density at radius 1 is 0.880 bits per heavy atom. The molecule has 2 rings (SSSR count). The van der Waals surface area contributed by atoms with Crippen molar-refractivity contribution in [3.05, 3.63) is 0 Å². The summed E-state index contributed by atoms with van der Waals surface area (Å²) >= 11 is 0. The fourth-order valence-electron chi connectivity index (χ4n) is 5.80. The summed E-state index contributed by atoms with van der Waals surface area (Å²) in [5.41, 5.74) is 0.997. The van der Waals surface area contributed by atoms with E-state index in [2.05, 4.69) is 53.4 Å². The summed E-state index contributed by atoms with van der Waals surface area (Å²) in [5.74, 6) is 3.81. The van der Waals surface area contributed by atoms with Gasteiger partial charge in [-0.1, -0.05) is 54.9 Å². The minimum Gasteiger partial charge on any atom is -0.303 e. The minimum absolute atomic E-state index is 0.496. The largest absolute Gasteiger partial charge is 0.303 e. The average molecular weight is 350 g/mol. The van der Waals surface area contributed by atoms with Gasteiger partial charge in [0.15, 0.2) is 0 Å². The summed E-state index contributed by atoms with van der Waals surface area (Å²) in [5, 5.41) is 0. The van der Waals surface area contributed by atoms with Crippen molar-refractivity contribution in [2.75, 3.05) is 19.6 Å². The Balaban J connectivity index is 1.74. The molecule has 1 aliphatic carbocycles. The van der Waals surface area contributed by atoms with Crippen LogP contribution in [0.1, 0.15) is 99.8 Å². The zero-order valence-electron chi connectivity index (χ0n) is 18.5. The highest BCUT2D eigenvalue weighted by atomic mass is 15.1. The summed E-state index contributed by atoms with van der Waals surface area (Å²) < 4.78 is 0. The highest BCUT2D eigenvalue weighted by Gasteiger charge is 2.36. The Labute approximate surface area is 159 Å². The lowest BCUT2D eigenvalue weighted by molar-refractivity contribution is 0.0510. The lowest BCUT2D eigenvalue weighted by atomic mass is 9.65. The van der Waals surface area contributed by atoms with Crippen LogP contribution in [0.15, 0.2) is 0 Å². The van der Waals surface area contributed by atoms with Crippen molar-refractivity contribution in [1.82, 2.24) is 4.90 Å². The molecule has 0 amide bonds. The molecule has 1 heterocycles. The molecule has 2 fully saturated rings. The van der Waals surface area contributed by atoms with Gasteiger partial charge < -0.3 is 4.90 Å².